The van der Waals surface area contributed by atoms with Crippen molar-refractivity contribution < 1.29 is 4.58 Å². The number of fused-ring (bicyclic) bond motifs is 7. The van der Waals surface area contributed by atoms with Gasteiger partial charge < -0.3 is 4.90 Å². The normalized spacial score (nSPS) is 21.7. The molecule has 44 heavy (non-hydrogen) atoms. The Morgan fingerprint density at radius 1 is 0.727 bits per heavy atom. The number of hydrogen-bond acceptors (Lipinski definition) is 1. The van der Waals surface area contributed by atoms with E-state index in [4.69, 9.17) is 0 Å². The molecule has 2 heteroatoms. The first-order valence-electron chi connectivity index (χ1n) is 16.3. The van der Waals surface area contributed by atoms with E-state index in [-0.39, 0.29) is 10.8 Å². The fourth-order valence-electron chi connectivity index (χ4n) is 9.01. The highest BCUT2D eigenvalue weighted by molar-refractivity contribution is 6.08. The van der Waals surface area contributed by atoms with Crippen LogP contribution in [0.25, 0.3) is 21.5 Å². The Morgan fingerprint density at radius 3 is 2.09 bits per heavy atom. The summed E-state index contributed by atoms with van der Waals surface area (Å²) in [5.74, 6) is 0. The van der Waals surface area contributed by atoms with E-state index in [0.717, 1.165) is 6.42 Å². The third-order valence-corrected chi connectivity index (χ3v) is 11.0. The molecule has 0 aromatic heterocycles. The molecule has 5 aromatic rings. The predicted octanol–water partition coefficient (Wildman–Crippen LogP) is 10.0. The molecule has 0 saturated heterocycles. The van der Waals surface area contributed by atoms with Crippen LogP contribution in [0.3, 0.4) is 0 Å². The molecule has 1 spiro atoms. The molecule has 0 bridgehead atoms. The molecule has 3 aliphatic rings. The Morgan fingerprint density at radius 2 is 1.36 bits per heavy atom. The van der Waals surface area contributed by atoms with Gasteiger partial charge in [-0.15, -0.1) is 0 Å². The third-order valence-electron chi connectivity index (χ3n) is 11.0. The molecular formula is C42H41N2+. The molecule has 1 fully saturated rings. The van der Waals surface area contributed by atoms with Crippen LogP contribution in [0.5, 0.6) is 0 Å². The van der Waals surface area contributed by atoms with Gasteiger partial charge in [-0.05, 0) is 77.1 Å². The van der Waals surface area contributed by atoms with Crippen molar-refractivity contribution in [2.45, 2.75) is 56.3 Å². The number of anilines is 1. The summed E-state index contributed by atoms with van der Waals surface area (Å²) in [6, 6.07) is 38.2. The molecule has 0 amide bonds. The summed E-state index contributed by atoms with van der Waals surface area (Å²) in [6.07, 6.45) is 14.5. The van der Waals surface area contributed by atoms with Gasteiger partial charge in [-0.2, -0.15) is 4.58 Å². The standard InChI is InChI=1S/C42H41N2/c1-41(29-30-15-6-4-7-16-30)37(43(2)35-25-23-31-17-8-10-19-33(31)39(35)41)21-14-22-38-42(27-12-5-13-28-42)40-34-20-11-9-18-32(34)24-26-36(40)44(38)3/h4,6-11,14-26H,5,12-13,27-29H2,1-3H3/q+1. The fraction of sp³-hybridized carbons (Fsp3) is 0.262. The topological polar surface area (TPSA) is 6.25 Å². The minimum Gasteiger partial charge on any atom is -0.347 e. The Hall–Kier alpha value is -4.43. The summed E-state index contributed by atoms with van der Waals surface area (Å²) in [7, 11) is 4.54. The Balaban J connectivity index is 1.26. The lowest BCUT2D eigenvalue weighted by atomic mass is 9.66. The summed E-state index contributed by atoms with van der Waals surface area (Å²) in [5, 5.41) is 5.44. The van der Waals surface area contributed by atoms with Crippen molar-refractivity contribution in [3.8, 4) is 0 Å². The lowest BCUT2D eigenvalue weighted by Gasteiger charge is -2.32. The molecule has 2 aliphatic heterocycles. The van der Waals surface area contributed by atoms with Crippen LogP contribution in [0.1, 0.15) is 55.7 Å². The van der Waals surface area contributed by atoms with Crippen molar-refractivity contribution in [3.05, 3.63) is 144 Å². The van der Waals surface area contributed by atoms with Gasteiger partial charge in [0.25, 0.3) is 0 Å². The molecule has 2 heterocycles. The van der Waals surface area contributed by atoms with Gasteiger partial charge in [0.05, 0.1) is 5.41 Å². The van der Waals surface area contributed by atoms with Crippen molar-refractivity contribution in [2.75, 3.05) is 19.0 Å². The molecule has 8 rings (SSSR count). The van der Waals surface area contributed by atoms with Crippen LogP contribution in [-0.2, 0) is 17.3 Å². The van der Waals surface area contributed by atoms with E-state index in [9.17, 15) is 0 Å². The highest BCUT2D eigenvalue weighted by Gasteiger charge is 2.51. The first-order chi connectivity index (χ1) is 21.5. The van der Waals surface area contributed by atoms with E-state index in [1.807, 2.05) is 0 Å². The monoisotopic (exact) mass is 573 g/mol. The lowest BCUT2D eigenvalue weighted by molar-refractivity contribution is -0.401. The molecule has 1 saturated carbocycles. The van der Waals surface area contributed by atoms with Crippen LogP contribution < -0.4 is 4.90 Å². The van der Waals surface area contributed by atoms with Gasteiger partial charge in [0.15, 0.2) is 5.71 Å². The minimum absolute atomic E-state index is 0.0757. The Labute approximate surface area is 261 Å². The number of nitrogens with zero attached hydrogens (tertiary/aromatic N) is 2. The molecule has 2 nitrogen and oxygen atoms in total. The van der Waals surface area contributed by atoms with Crippen molar-refractivity contribution in [2.24, 2.45) is 0 Å². The van der Waals surface area contributed by atoms with Gasteiger partial charge in [0.1, 0.15) is 7.05 Å². The molecule has 218 valence electrons. The largest absolute Gasteiger partial charge is 0.347 e. The summed E-state index contributed by atoms with van der Waals surface area (Å²) in [5.41, 5.74) is 9.77. The van der Waals surface area contributed by atoms with E-state index in [0.29, 0.717) is 0 Å². The predicted molar refractivity (Wildman–Crippen MR) is 187 cm³/mol. The van der Waals surface area contributed by atoms with Crippen molar-refractivity contribution >= 4 is 38.6 Å². The zero-order valence-electron chi connectivity index (χ0n) is 26.2. The molecule has 0 radical (unpaired) electrons. The molecular weight excluding hydrogens is 532 g/mol. The summed E-state index contributed by atoms with van der Waals surface area (Å²) in [4.78, 5) is 2.44. The van der Waals surface area contributed by atoms with E-state index < -0.39 is 0 Å². The molecule has 1 atom stereocenters. The van der Waals surface area contributed by atoms with Crippen LogP contribution in [0, 0.1) is 0 Å². The van der Waals surface area contributed by atoms with E-state index in [1.165, 1.54) is 87.6 Å². The SMILES string of the molecule is CN1C(=CC=CC2=[N+](C)c3ccc4ccccc4c3C23CCCCC3)C(C)(Cc2ccccc2)c2c1ccc1ccccc21. The van der Waals surface area contributed by atoms with Crippen molar-refractivity contribution in [1.82, 2.24) is 0 Å². The van der Waals surface area contributed by atoms with E-state index in [2.05, 4.69) is 152 Å². The van der Waals surface area contributed by atoms with Crippen LogP contribution in [0.4, 0.5) is 11.4 Å². The van der Waals surface area contributed by atoms with E-state index >= 15 is 0 Å². The van der Waals surface area contributed by atoms with Gasteiger partial charge in [0.2, 0.25) is 5.69 Å². The fourth-order valence-corrected chi connectivity index (χ4v) is 9.01. The molecule has 5 aromatic carbocycles. The number of allylic oxidation sites excluding steroid dienone is 4. The first-order valence-corrected chi connectivity index (χ1v) is 16.3. The molecule has 1 unspecified atom stereocenters. The van der Waals surface area contributed by atoms with E-state index in [1.54, 1.807) is 5.56 Å². The first kappa shape index (κ1) is 27.1. The maximum Gasteiger partial charge on any atom is 0.210 e. The number of hydrogen-bond donors (Lipinski definition) is 0. The van der Waals surface area contributed by atoms with Gasteiger partial charge >= 0.3 is 0 Å². The van der Waals surface area contributed by atoms with Crippen LogP contribution in [-0.4, -0.2) is 24.4 Å². The molecule has 0 N–H and O–H groups in total. The maximum atomic E-state index is 2.49. The van der Waals surface area contributed by atoms with Crippen molar-refractivity contribution in [3.63, 3.8) is 0 Å². The average molecular weight is 574 g/mol. The second kappa shape index (κ2) is 10.3. The summed E-state index contributed by atoms with van der Waals surface area (Å²) < 4.78 is 2.49. The minimum atomic E-state index is -0.162. The van der Waals surface area contributed by atoms with Crippen LogP contribution >= 0.6 is 0 Å². The summed E-state index contributed by atoms with van der Waals surface area (Å²) >= 11 is 0. The van der Waals surface area contributed by atoms with Gasteiger partial charge in [-0.3, -0.25) is 0 Å². The Kier molecular flexibility index (Phi) is 6.38. The zero-order valence-corrected chi connectivity index (χ0v) is 26.2. The van der Waals surface area contributed by atoms with Gasteiger partial charge in [0, 0.05) is 41.6 Å². The van der Waals surface area contributed by atoms with Crippen LogP contribution in [0.15, 0.2) is 127 Å². The second-order valence-electron chi connectivity index (χ2n) is 13.4. The quantitative estimate of drug-likeness (QED) is 0.194. The highest BCUT2D eigenvalue weighted by Crippen LogP contribution is 2.53. The summed E-state index contributed by atoms with van der Waals surface area (Å²) in [6.45, 7) is 2.45. The lowest BCUT2D eigenvalue weighted by Crippen LogP contribution is -2.36. The Bertz CT molecular complexity index is 2000. The maximum absolute atomic E-state index is 2.49. The second-order valence-corrected chi connectivity index (χ2v) is 13.4. The third kappa shape index (κ3) is 3.97. The van der Waals surface area contributed by atoms with Gasteiger partial charge in [-0.25, -0.2) is 0 Å². The number of likely N-dealkylation sites (N-methyl/N-ethyl adjacent to an activating group) is 1. The highest BCUT2D eigenvalue weighted by atomic mass is 15.2. The number of rotatable bonds is 4. The molecule has 1 aliphatic carbocycles. The van der Waals surface area contributed by atoms with Crippen LogP contribution in [0.2, 0.25) is 0 Å². The zero-order chi connectivity index (χ0) is 29.9. The smallest absolute Gasteiger partial charge is 0.210 e. The number of benzene rings is 5. The van der Waals surface area contributed by atoms with Gasteiger partial charge in [-0.1, -0.05) is 110 Å². The van der Waals surface area contributed by atoms with Crippen molar-refractivity contribution in [1.29, 1.82) is 0 Å². The average Bonchev–Trinajstić information content (AvgIpc) is 3.41.